The number of carbonyl (C=O) groups excluding carboxylic acids is 3. The summed E-state index contributed by atoms with van der Waals surface area (Å²) < 4.78 is 26.2. The van der Waals surface area contributed by atoms with Crippen LogP contribution in [0.2, 0.25) is 0 Å². The second-order valence-corrected chi connectivity index (χ2v) is 12.5. The predicted molar refractivity (Wildman–Crippen MR) is 152 cm³/mol. The molecular formula is C29H39N5O5S. The van der Waals surface area contributed by atoms with Gasteiger partial charge in [0.2, 0.25) is 27.7 Å². The summed E-state index contributed by atoms with van der Waals surface area (Å²) in [6.45, 7) is 1.77. The van der Waals surface area contributed by atoms with Crippen LogP contribution >= 0.6 is 0 Å². The van der Waals surface area contributed by atoms with Gasteiger partial charge in [-0.2, -0.15) is 0 Å². The van der Waals surface area contributed by atoms with E-state index in [2.05, 4.69) is 15.4 Å². The van der Waals surface area contributed by atoms with Gasteiger partial charge in [-0.05, 0) is 43.2 Å². The molecule has 5 N–H and O–H groups in total. The van der Waals surface area contributed by atoms with Crippen LogP contribution in [-0.2, 0) is 24.4 Å². The molecule has 3 amide bonds. The van der Waals surface area contributed by atoms with Gasteiger partial charge in [-0.15, -0.1) is 0 Å². The minimum absolute atomic E-state index is 0.00159. The van der Waals surface area contributed by atoms with Crippen LogP contribution in [0.15, 0.2) is 60.7 Å². The van der Waals surface area contributed by atoms with Crippen molar-refractivity contribution in [2.75, 3.05) is 12.8 Å². The Bertz CT molecular complexity index is 1250. The smallest absolute Gasteiger partial charge is 0.246 e. The summed E-state index contributed by atoms with van der Waals surface area (Å²) in [6.07, 6.45) is 3.69. The first kappa shape index (κ1) is 29.7. The van der Waals surface area contributed by atoms with Gasteiger partial charge in [0, 0.05) is 18.5 Å². The van der Waals surface area contributed by atoms with Gasteiger partial charge in [-0.25, -0.2) is 13.1 Å². The number of sulfonamides is 1. The van der Waals surface area contributed by atoms with Crippen LogP contribution in [0.25, 0.3) is 0 Å². The van der Waals surface area contributed by atoms with Crippen LogP contribution in [0.5, 0.6) is 0 Å². The first-order valence-electron chi connectivity index (χ1n) is 13.8. The number of amides is 3. The molecule has 2 aromatic carbocycles. The van der Waals surface area contributed by atoms with Crippen LogP contribution < -0.4 is 21.1 Å². The van der Waals surface area contributed by atoms with E-state index >= 15 is 0 Å². The van der Waals surface area contributed by atoms with Gasteiger partial charge in [0.05, 0.1) is 18.3 Å². The fourth-order valence-corrected chi connectivity index (χ4v) is 6.20. The predicted octanol–water partition coefficient (Wildman–Crippen LogP) is 1.43. The lowest BCUT2D eigenvalue weighted by Crippen LogP contribution is -2.59. The third-order valence-corrected chi connectivity index (χ3v) is 8.59. The maximum atomic E-state index is 14.1. The van der Waals surface area contributed by atoms with Crippen molar-refractivity contribution in [3.8, 4) is 0 Å². The highest BCUT2D eigenvalue weighted by molar-refractivity contribution is 7.88. The number of rotatable bonds is 10. The number of nitrogens with two attached hydrogens (primary N) is 1. The highest BCUT2D eigenvalue weighted by Gasteiger charge is 2.48. The summed E-state index contributed by atoms with van der Waals surface area (Å²) in [5, 5.41) is 5.96. The molecule has 4 rings (SSSR count). The fourth-order valence-electron chi connectivity index (χ4n) is 5.68. The second-order valence-electron chi connectivity index (χ2n) is 10.7. The Morgan fingerprint density at radius 2 is 1.55 bits per heavy atom. The van der Waals surface area contributed by atoms with Gasteiger partial charge in [-0.1, -0.05) is 67.6 Å². The van der Waals surface area contributed by atoms with Gasteiger partial charge in [-0.3, -0.25) is 14.4 Å². The molecule has 2 fully saturated rings. The Hall–Kier alpha value is -3.28. The van der Waals surface area contributed by atoms with E-state index in [1.807, 2.05) is 60.7 Å². The molecule has 0 bridgehead atoms. The Kier molecular flexibility index (Phi) is 9.60. The van der Waals surface area contributed by atoms with Crippen molar-refractivity contribution >= 4 is 27.7 Å². The number of nitrogens with zero attached hydrogens (tertiary/aromatic N) is 1. The Balaban J connectivity index is 1.60. The number of hydrogen-bond donors (Lipinski definition) is 4. The second kappa shape index (κ2) is 12.9. The van der Waals surface area contributed by atoms with Crippen LogP contribution in [0, 0.1) is 5.92 Å². The average Bonchev–Trinajstić information content (AvgIpc) is 3.33. The topological polar surface area (TPSA) is 151 Å². The van der Waals surface area contributed by atoms with Crippen LogP contribution in [-0.4, -0.2) is 68.0 Å². The van der Waals surface area contributed by atoms with Crippen molar-refractivity contribution in [2.45, 2.75) is 69.2 Å². The zero-order valence-electron chi connectivity index (χ0n) is 23.0. The number of nitrogens with one attached hydrogen (secondary N) is 3. The fraction of sp³-hybridized carbons (Fsp3) is 0.483. The Labute approximate surface area is 236 Å². The first-order chi connectivity index (χ1) is 19.1. The van der Waals surface area contributed by atoms with Crippen molar-refractivity contribution in [1.29, 1.82) is 0 Å². The Morgan fingerprint density at radius 3 is 2.10 bits per heavy atom. The lowest BCUT2D eigenvalue weighted by molar-refractivity contribution is -0.143. The molecule has 11 heteroatoms. The number of fused-ring (bicyclic) bond motifs is 1. The van der Waals surface area contributed by atoms with E-state index in [9.17, 15) is 22.8 Å². The largest absolute Gasteiger partial charge is 0.343 e. The van der Waals surface area contributed by atoms with Crippen molar-refractivity contribution < 1.29 is 22.8 Å². The molecule has 0 spiro atoms. The maximum absolute atomic E-state index is 14.1. The molecule has 0 saturated carbocycles. The standard InChI is InChI=1S/C29H39N5O5S/c1-3-23(30)27(35)33-26-21(18-31-40(2,38)39)14-15-22-16-17-24(34(22)29(26)37)28(36)32-25(19-10-6-4-7-11-19)20-12-8-5-9-13-20/h4-13,21-26,31H,3,14-18,30H2,1-2H3,(H,32,36)(H,33,35)/t21?,22?,23-,24?,26?/m0/s1. The molecule has 0 aromatic heterocycles. The highest BCUT2D eigenvalue weighted by atomic mass is 32.2. The molecule has 0 aliphatic carbocycles. The number of carbonyl (C=O) groups is 3. The van der Waals surface area contributed by atoms with Gasteiger partial charge in [0.25, 0.3) is 0 Å². The summed E-state index contributed by atoms with van der Waals surface area (Å²) in [4.78, 5) is 42.3. The van der Waals surface area contributed by atoms with E-state index in [4.69, 9.17) is 5.73 Å². The van der Waals surface area contributed by atoms with Crippen molar-refractivity contribution in [1.82, 2.24) is 20.3 Å². The molecule has 2 aromatic rings. The van der Waals surface area contributed by atoms with Gasteiger partial charge < -0.3 is 21.3 Å². The molecule has 2 aliphatic rings. The maximum Gasteiger partial charge on any atom is 0.246 e. The van der Waals surface area contributed by atoms with Gasteiger partial charge in [0.15, 0.2) is 0 Å². The lowest BCUT2D eigenvalue weighted by Gasteiger charge is -2.33. The van der Waals surface area contributed by atoms with E-state index < -0.39 is 46.0 Å². The quantitative estimate of drug-likeness (QED) is 0.340. The Morgan fingerprint density at radius 1 is 0.975 bits per heavy atom. The highest BCUT2D eigenvalue weighted by Crippen LogP contribution is 2.35. The van der Waals surface area contributed by atoms with Crippen LogP contribution in [0.1, 0.15) is 56.2 Å². The molecule has 4 unspecified atom stereocenters. The third-order valence-electron chi connectivity index (χ3n) is 7.90. The van der Waals surface area contributed by atoms with Crippen molar-refractivity contribution in [3.05, 3.63) is 71.8 Å². The van der Waals surface area contributed by atoms with E-state index in [0.29, 0.717) is 32.1 Å². The average molecular weight is 570 g/mol. The summed E-state index contributed by atoms with van der Waals surface area (Å²) in [7, 11) is -3.51. The van der Waals surface area contributed by atoms with E-state index in [0.717, 1.165) is 17.4 Å². The van der Waals surface area contributed by atoms with Crippen LogP contribution in [0.4, 0.5) is 0 Å². The summed E-state index contributed by atoms with van der Waals surface area (Å²) >= 11 is 0. The van der Waals surface area contributed by atoms with Crippen LogP contribution in [0.3, 0.4) is 0 Å². The third kappa shape index (κ3) is 7.07. The minimum Gasteiger partial charge on any atom is -0.343 e. The number of benzene rings is 2. The van der Waals surface area contributed by atoms with Gasteiger partial charge in [0.1, 0.15) is 12.1 Å². The molecule has 2 aliphatic heterocycles. The molecule has 5 atom stereocenters. The summed E-state index contributed by atoms with van der Waals surface area (Å²) in [6, 6.07) is 16.2. The molecule has 2 heterocycles. The molecule has 0 radical (unpaired) electrons. The van der Waals surface area contributed by atoms with Crippen molar-refractivity contribution in [2.24, 2.45) is 11.7 Å². The first-order valence-corrected chi connectivity index (χ1v) is 15.7. The lowest BCUT2D eigenvalue weighted by atomic mass is 9.93. The molecule has 2 saturated heterocycles. The molecule has 40 heavy (non-hydrogen) atoms. The van der Waals surface area contributed by atoms with E-state index in [1.54, 1.807) is 11.8 Å². The van der Waals surface area contributed by atoms with Crippen molar-refractivity contribution in [3.63, 3.8) is 0 Å². The monoisotopic (exact) mass is 569 g/mol. The molecular weight excluding hydrogens is 530 g/mol. The summed E-state index contributed by atoms with van der Waals surface area (Å²) in [5.74, 6) is -1.60. The van der Waals surface area contributed by atoms with Gasteiger partial charge >= 0.3 is 0 Å². The zero-order valence-corrected chi connectivity index (χ0v) is 23.8. The van der Waals surface area contributed by atoms with E-state index in [-0.39, 0.29) is 24.4 Å². The molecule has 10 nitrogen and oxygen atoms in total. The van der Waals surface area contributed by atoms with E-state index in [1.165, 1.54) is 0 Å². The minimum atomic E-state index is -3.51. The number of hydrogen-bond acceptors (Lipinski definition) is 6. The zero-order chi connectivity index (χ0) is 28.9. The summed E-state index contributed by atoms with van der Waals surface area (Å²) in [5.41, 5.74) is 7.78. The normalized spacial score (nSPS) is 23.8. The molecule has 216 valence electrons. The SMILES string of the molecule is CC[C@H](N)C(=O)NC1C(=O)N2C(CCC1CNS(C)(=O)=O)CCC2C(=O)NC(c1ccccc1)c1ccccc1.